The number of carbonyl (C=O) groups is 1. The van der Waals surface area contributed by atoms with Crippen molar-refractivity contribution in [2.24, 2.45) is 0 Å². The molecule has 1 amide bonds. The predicted octanol–water partition coefficient (Wildman–Crippen LogP) is 2.54. The Hall–Kier alpha value is -3.36. The molecule has 0 radical (unpaired) electrons. The number of benzene rings is 1. The van der Waals surface area contributed by atoms with Crippen molar-refractivity contribution < 1.29 is 18.7 Å². The van der Waals surface area contributed by atoms with Gasteiger partial charge in [-0.15, -0.1) is 5.10 Å². The highest BCUT2D eigenvalue weighted by Gasteiger charge is 2.16. The zero-order valence-corrected chi connectivity index (χ0v) is 14.7. The van der Waals surface area contributed by atoms with Crippen LogP contribution in [0.4, 0.5) is 6.01 Å². The summed E-state index contributed by atoms with van der Waals surface area (Å²) in [5, 5.41) is 14.5. The summed E-state index contributed by atoms with van der Waals surface area (Å²) >= 11 is 0. The van der Waals surface area contributed by atoms with Gasteiger partial charge in [-0.25, -0.2) is 0 Å². The average molecular weight is 357 g/mol. The highest BCUT2D eigenvalue weighted by atomic mass is 16.5. The van der Waals surface area contributed by atoms with Crippen LogP contribution in [0, 0.1) is 0 Å². The van der Waals surface area contributed by atoms with E-state index in [1.54, 1.807) is 48.3 Å². The van der Waals surface area contributed by atoms with Crippen LogP contribution in [0.3, 0.4) is 0 Å². The van der Waals surface area contributed by atoms with Gasteiger partial charge in [-0.05, 0) is 32.0 Å². The average Bonchev–Trinajstić information content (AvgIpc) is 3.29. The molecule has 0 atom stereocenters. The Balaban J connectivity index is 1.60. The maximum absolute atomic E-state index is 12.0. The predicted molar refractivity (Wildman–Crippen MR) is 93.0 cm³/mol. The van der Waals surface area contributed by atoms with Crippen LogP contribution in [0.15, 0.2) is 40.9 Å². The minimum Gasteiger partial charge on any atom is -0.497 e. The Labute approximate surface area is 149 Å². The monoisotopic (exact) mass is 357 g/mol. The van der Waals surface area contributed by atoms with E-state index in [1.807, 2.05) is 13.8 Å². The quantitative estimate of drug-likeness (QED) is 0.693. The van der Waals surface area contributed by atoms with Crippen molar-refractivity contribution in [3.8, 4) is 23.1 Å². The first kappa shape index (κ1) is 17.5. The Bertz CT molecular complexity index is 887. The first-order valence-electron chi connectivity index (χ1n) is 8.01. The van der Waals surface area contributed by atoms with Crippen LogP contribution in [0.25, 0.3) is 11.6 Å². The molecule has 3 rings (SSSR count). The van der Waals surface area contributed by atoms with E-state index in [0.29, 0.717) is 17.2 Å². The number of methoxy groups -OCH3 is 1. The Morgan fingerprint density at radius 3 is 2.85 bits per heavy atom. The maximum atomic E-state index is 12.0. The first-order valence-corrected chi connectivity index (χ1v) is 8.01. The molecule has 0 spiro atoms. The number of nitrogens with one attached hydrogen (secondary N) is 1. The lowest BCUT2D eigenvalue weighted by atomic mass is 10.3. The van der Waals surface area contributed by atoms with Crippen LogP contribution in [0.5, 0.6) is 11.5 Å². The molecular formula is C17H19N5O4. The van der Waals surface area contributed by atoms with Gasteiger partial charge in [0.2, 0.25) is 0 Å². The number of hydrogen-bond acceptors (Lipinski definition) is 7. The molecule has 0 unspecified atom stereocenters. The standard InChI is InChI=1S/C17H19N5O4/c1-11(2)22-14(7-8-18-22)16-20-21-17(26-16)19-15(23)10-25-13-6-4-5-12(9-13)24-3/h4-9,11H,10H2,1-3H3,(H,19,21,23). The minimum atomic E-state index is -0.416. The summed E-state index contributed by atoms with van der Waals surface area (Å²) in [6, 6.07) is 8.88. The first-order chi connectivity index (χ1) is 12.6. The molecule has 0 bridgehead atoms. The Kier molecular flexibility index (Phi) is 5.16. The maximum Gasteiger partial charge on any atom is 0.322 e. The van der Waals surface area contributed by atoms with Crippen molar-refractivity contribution in [3.05, 3.63) is 36.5 Å². The zero-order chi connectivity index (χ0) is 18.5. The van der Waals surface area contributed by atoms with Crippen LogP contribution in [-0.4, -0.2) is 39.6 Å². The van der Waals surface area contributed by atoms with E-state index in [9.17, 15) is 4.79 Å². The van der Waals surface area contributed by atoms with Crippen LogP contribution >= 0.6 is 0 Å². The van der Waals surface area contributed by atoms with E-state index in [-0.39, 0.29) is 24.6 Å². The molecule has 0 aliphatic heterocycles. The molecule has 3 aromatic rings. The third kappa shape index (κ3) is 4.00. The molecular weight excluding hydrogens is 338 g/mol. The number of ether oxygens (including phenoxy) is 2. The zero-order valence-electron chi connectivity index (χ0n) is 14.7. The van der Waals surface area contributed by atoms with Crippen LogP contribution < -0.4 is 14.8 Å². The highest BCUT2D eigenvalue weighted by molar-refractivity contribution is 5.89. The van der Waals surface area contributed by atoms with E-state index in [2.05, 4.69) is 20.6 Å². The van der Waals surface area contributed by atoms with Crippen molar-refractivity contribution in [2.45, 2.75) is 19.9 Å². The number of anilines is 1. The van der Waals surface area contributed by atoms with Crippen molar-refractivity contribution in [2.75, 3.05) is 19.0 Å². The van der Waals surface area contributed by atoms with Gasteiger partial charge < -0.3 is 13.9 Å². The normalized spacial score (nSPS) is 10.8. The van der Waals surface area contributed by atoms with Gasteiger partial charge in [0, 0.05) is 18.3 Å². The summed E-state index contributed by atoms with van der Waals surface area (Å²) in [4.78, 5) is 12.0. The summed E-state index contributed by atoms with van der Waals surface area (Å²) in [6.07, 6.45) is 1.65. The number of carbonyl (C=O) groups excluding carboxylic acids is 1. The van der Waals surface area contributed by atoms with E-state index < -0.39 is 5.91 Å². The van der Waals surface area contributed by atoms with Gasteiger partial charge in [-0.3, -0.25) is 14.8 Å². The number of hydrogen-bond donors (Lipinski definition) is 1. The van der Waals surface area contributed by atoms with Gasteiger partial charge in [0.05, 0.1) is 7.11 Å². The number of aromatic nitrogens is 4. The van der Waals surface area contributed by atoms with Crippen LogP contribution in [0.1, 0.15) is 19.9 Å². The molecule has 2 heterocycles. The number of rotatable bonds is 7. The van der Waals surface area contributed by atoms with Gasteiger partial charge in [0.25, 0.3) is 11.8 Å². The van der Waals surface area contributed by atoms with Gasteiger partial charge >= 0.3 is 6.01 Å². The molecule has 0 aliphatic rings. The largest absolute Gasteiger partial charge is 0.497 e. The van der Waals surface area contributed by atoms with Crippen LogP contribution in [0.2, 0.25) is 0 Å². The molecule has 0 aliphatic carbocycles. The number of nitrogens with zero attached hydrogens (tertiary/aromatic N) is 4. The molecule has 9 heteroatoms. The highest BCUT2D eigenvalue weighted by Crippen LogP contribution is 2.22. The van der Waals surface area contributed by atoms with Gasteiger partial charge in [0.15, 0.2) is 6.61 Å². The fourth-order valence-electron chi connectivity index (χ4n) is 2.27. The van der Waals surface area contributed by atoms with Crippen molar-refractivity contribution in [3.63, 3.8) is 0 Å². The lowest BCUT2D eigenvalue weighted by molar-refractivity contribution is -0.118. The molecule has 0 saturated heterocycles. The summed E-state index contributed by atoms with van der Waals surface area (Å²) < 4.78 is 17.8. The van der Waals surface area contributed by atoms with E-state index in [4.69, 9.17) is 13.9 Å². The third-order valence-corrected chi connectivity index (χ3v) is 3.46. The molecule has 26 heavy (non-hydrogen) atoms. The summed E-state index contributed by atoms with van der Waals surface area (Å²) in [5.41, 5.74) is 0.681. The van der Waals surface area contributed by atoms with Gasteiger partial charge in [-0.1, -0.05) is 11.2 Å². The molecule has 136 valence electrons. The smallest absolute Gasteiger partial charge is 0.322 e. The second kappa shape index (κ2) is 7.68. The summed E-state index contributed by atoms with van der Waals surface area (Å²) in [6.45, 7) is 3.78. The Morgan fingerprint density at radius 2 is 2.08 bits per heavy atom. The summed E-state index contributed by atoms with van der Waals surface area (Å²) in [7, 11) is 1.56. The fourth-order valence-corrected chi connectivity index (χ4v) is 2.27. The second-order valence-electron chi connectivity index (χ2n) is 5.68. The van der Waals surface area contributed by atoms with Crippen molar-refractivity contribution in [1.29, 1.82) is 0 Å². The lowest BCUT2D eigenvalue weighted by Gasteiger charge is -2.07. The SMILES string of the molecule is COc1cccc(OCC(=O)Nc2nnc(-c3ccnn3C(C)C)o2)c1. The Morgan fingerprint density at radius 1 is 1.27 bits per heavy atom. The van der Waals surface area contributed by atoms with Gasteiger partial charge in [-0.2, -0.15) is 5.10 Å². The van der Waals surface area contributed by atoms with E-state index >= 15 is 0 Å². The second-order valence-corrected chi connectivity index (χ2v) is 5.68. The molecule has 0 fully saturated rings. The van der Waals surface area contributed by atoms with E-state index in [1.165, 1.54) is 0 Å². The molecule has 0 saturated carbocycles. The molecule has 1 N–H and O–H groups in total. The fraction of sp³-hybridized carbons (Fsp3) is 0.294. The molecule has 9 nitrogen and oxygen atoms in total. The minimum absolute atomic E-state index is 0.00394. The van der Waals surface area contributed by atoms with Crippen molar-refractivity contribution in [1.82, 2.24) is 20.0 Å². The van der Waals surface area contributed by atoms with Crippen LogP contribution in [-0.2, 0) is 4.79 Å². The lowest BCUT2D eigenvalue weighted by Crippen LogP contribution is -2.20. The summed E-state index contributed by atoms with van der Waals surface area (Å²) in [5.74, 6) is 1.03. The third-order valence-electron chi connectivity index (χ3n) is 3.46. The van der Waals surface area contributed by atoms with Crippen molar-refractivity contribution >= 4 is 11.9 Å². The van der Waals surface area contributed by atoms with Gasteiger partial charge in [0.1, 0.15) is 17.2 Å². The number of amides is 1. The topological polar surface area (TPSA) is 104 Å². The van der Waals surface area contributed by atoms with E-state index in [0.717, 1.165) is 0 Å². The molecule has 1 aromatic carbocycles. The molecule has 2 aromatic heterocycles.